The molecule has 2 N–H and O–H groups in total. The number of carbonyl (C=O) groups is 2. The minimum absolute atomic E-state index is 0. The van der Waals surface area contributed by atoms with Gasteiger partial charge in [-0.1, -0.05) is 0 Å². The van der Waals surface area contributed by atoms with Gasteiger partial charge < -0.3 is 19.3 Å². The maximum atomic E-state index is 9.10. The summed E-state index contributed by atoms with van der Waals surface area (Å²) in [5.74, 6) is -3.65. The molecule has 0 aliphatic carbocycles. The van der Waals surface area contributed by atoms with Gasteiger partial charge in [0.2, 0.25) is 0 Å². The first kappa shape index (κ1) is 17.4. The van der Waals surface area contributed by atoms with Gasteiger partial charge in [0.1, 0.15) is 0 Å². The van der Waals surface area contributed by atoms with Crippen LogP contribution in [0.1, 0.15) is 0 Å². The van der Waals surface area contributed by atoms with Gasteiger partial charge in [-0.2, -0.15) is 0 Å². The van der Waals surface area contributed by atoms with Crippen molar-refractivity contribution in [2.24, 2.45) is 0 Å². The molecule has 0 fully saturated rings. The third-order valence-corrected chi connectivity index (χ3v) is 0.183. The van der Waals surface area contributed by atoms with E-state index in [0.717, 1.165) is 0 Å². The van der Waals surface area contributed by atoms with Gasteiger partial charge >= 0.3 is 29.3 Å². The van der Waals surface area contributed by atoms with Crippen LogP contribution in [-0.4, -0.2) is 39.7 Å². The molecule has 70 valence electrons. The molecule has 0 bridgehead atoms. The molecule has 0 aromatic heterocycles. The molecule has 0 spiro atoms. The maximum absolute atomic E-state index is 9.10. The number of carboxylic acid groups (broad SMARTS) is 2. The van der Waals surface area contributed by atoms with Crippen molar-refractivity contribution in [3.05, 3.63) is 0 Å². The van der Waals surface area contributed by atoms with E-state index >= 15 is 0 Å². The fourth-order valence-corrected chi connectivity index (χ4v) is 0. The smallest absolute Gasteiger partial charge is 0.759 e. The summed E-state index contributed by atoms with van der Waals surface area (Å²) in [4.78, 5) is 18.2. The summed E-state index contributed by atoms with van der Waals surface area (Å²) in [6, 6.07) is 0. The summed E-state index contributed by atoms with van der Waals surface area (Å²) < 4.78 is 34.1. The Hall–Kier alpha value is -0.658. The van der Waals surface area contributed by atoms with E-state index in [1.54, 1.807) is 0 Å². The van der Waals surface area contributed by atoms with Gasteiger partial charge in [0.15, 0.2) is 0 Å². The molecule has 12 heavy (non-hydrogen) atoms. The van der Waals surface area contributed by atoms with Crippen LogP contribution in [-0.2, 0) is 37.3 Å². The molecule has 0 aliphatic rings. The van der Waals surface area contributed by atoms with E-state index in [-0.39, 0.29) is 17.4 Å². The van der Waals surface area contributed by atoms with Crippen molar-refractivity contribution in [1.29, 1.82) is 0 Å². The standard InChI is InChI=1S/C2H2O4.Cr.H2O4S/c3-1(4)2(5)6;;1-5(2,3)4/h(H,3,4)(H,5,6);;(H2,1,2,3,4)/q;+2;/p-2. The molecular weight excluding hydrogens is 236 g/mol. The number of rotatable bonds is 0. The zero-order valence-electron chi connectivity index (χ0n) is 5.16. The fourth-order valence-electron chi connectivity index (χ4n) is 0. The Kier molecular flexibility index (Phi) is 10.2. The SMILES string of the molecule is O=C(O)C(=O)O.O=S(=O)([O-])[O-].[Cr+2]. The van der Waals surface area contributed by atoms with Gasteiger partial charge in [0, 0.05) is 10.4 Å². The first-order chi connectivity index (χ1) is 4.64. The predicted molar refractivity (Wildman–Crippen MR) is 25.7 cm³/mol. The van der Waals surface area contributed by atoms with Crippen molar-refractivity contribution in [1.82, 2.24) is 0 Å². The molecule has 0 radical (unpaired) electrons. The third kappa shape index (κ3) is 58.2. The topological polar surface area (TPSA) is 155 Å². The second-order valence-corrected chi connectivity index (χ2v) is 1.84. The van der Waals surface area contributed by atoms with Crippen molar-refractivity contribution in [2.45, 2.75) is 0 Å². The van der Waals surface area contributed by atoms with Crippen LogP contribution in [0.3, 0.4) is 0 Å². The van der Waals surface area contributed by atoms with E-state index in [2.05, 4.69) is 0 Å². The molecule has 0 aliphatic heterocycles. The molecule has 0 heterocycles. The molecule has 10 heteroatoms. The van der Waals surface area contributed by atoms with E-state index in [1.807, 2.05) is 0 Å². The second-order valence-electron chi connectivity index (χ2n) is 1.02. The van der Waals surface area contributed by atoms with Crippen LogP contribution in [0.5, 0.6) is 0 Å². The van der Waals surface area contributed by atoms with Crippen LogP contribution in [0.4, 0.5) is 0 Å². The van der Waals surface area contributed by atoms with Crippen molar-refractivity contribution in [3.8, 4) is 0 Å². The van der Waals surface area contributed by atoms with Crippen molar-refractivity contribution >= 4 is 22.3 Å². The first-order valence-corrected chi connectivity index (χ1v) is 3.11. The first-order valence-electron chi connectivity index (χ1n) is 1.77. The average Bonchev–Trinajstić information content (AvgIpc) is 1.59. The second kappa shape index (κ2) is 7.02. The van der Waals surface area contributed by atoms with Gasteiger partial charge in [-0.05, 0) is 0 Å². The van der Waals surface area contributed by atoms with E-state index < -0.39 is 22.3 Å². The van der Waals surface area contributed by atoms with E-state index in [4.69, 9.17) is 37.3 Å². The Bertz CT molecular complexity index is 220. The Morgan fingerprint density at radius 3 is 1.08 bits per heavy atom. The fraction of sp³-hybridized carbons (Fsp3) is 0. The van der Waals surface area contributed by atoms with Crippen LogP contribution < -0.4 is 0 Å². The van der Waals surface area contributed by atoms with E-state index in [0.29, 0.717) is 0 Å². The summed E-state index contributed by atoms with van der Waals surface area (Å²) in [6.07, 6.45) is 0. The van der Waals surface area contributed by atoms with Crippen LogP contribution in [0.15, 0.2) is 0 Å². The minimum atomic E-state index is -5.17. The molecule has 0 aromatic carbocycles. The molecule has 0 saturated heterocycles. The van der Waals surface area contributed by atoms with E-state index in [9.17, 15) is 0 Å². The number of hydrogen-bond donors (Lipinski definition) is 2. The Labute approximate surface area is 77.5 Å². The van der Waals surface area contributed by atoms with Gasteiger partial charge in [-0.25, -0.2) is 9.59 Å². The predicted octanol–water partition coefficient (Wildman–Crippen LogP) is -2.18. The molecule has 0 amide bonds. The zero-order valence-corrected chi connectivity index (χ0v) is 7.25. The summed E-state index contributed by atoms with van der Waals surface area (Å²) in [7, 11) is -5.17. The van der Waals surface area contributed by atoms with Crippen LogP contribution in [0, 0.1) is 0 Å². The molecular formula is C2H2CrO8S. The molecule has 8 nitrogen and oxygen atoms in total. The van der Waals surface area contributed by atoms with Crippen molar-refractivity contribution < 1.29 is 54.7 Å². The van der Waals surface area contributed by atoms with Crippen LogP contribution >= 0.6 is 0 Å². The van der Waals surface area contributed by atoms with Gasteiger partial charge in [-0.15, -0.1) is 0 Å². The average molecular weight is 238 g/mol. The number of hydrogen-bond acceptors (Lipinski definition) is 6. The van der Waals surface area contributed by atoms with Gasteiger partial charge in [-0.3, -0.25) is 8.42 Å². The molecule has 0 unspecified atom stereocenters. The van der Waals surface area contributed by atoms with Crippen LogP contribution in [0.25, 0.3) is 0 Å². The number of carboxylic acids is 2. The summed E-state index contributed by atoms with van der Waals surface area (Å²) >= 11 is 0. The quantitative estimate of drug-likeness (QED) is 0.274. The zero-order chi connectivity index (χ0) is 9.65. The summed E-state index contributed by atoms with van der Waals surface area (Å²) in [6.45, 7) is 0. The minimum Gasteiger partial charge on any atom is -0.759 e. The molecule has 0 saturated carbocycles. The van der Waals surface area contributed by atoms with E-state index in [1.165, 1.54) is 0 Å². The molecule has 0 aromatic rings. The Morgan fingerprint density at radius 2 is 1.08 bits per heavy atom. The monoisotopic (exact) mass is 238 g/mol. The molecule has 0 rings (SSSR count). The van der Waals surface area contributed by atoms with Crippen molar-refractivity contribution in [3.63, 3.8) is 0 Å². The van der Waals surface area contributed by atoms with Gasteiger partial charge in [0.25, 0.3) is 0 Å². The normalized spacial score (nSPS) is 8.50. The maximum Gasteiger partial charge on any atom is 2.00 e. The largest absolute Gasteiger partial charge is 2.00 e. The van der Waals surface area contributed by atoms with Crippen LogP contribution in [0.2, 0.25) is 0 Å². The summed E-state index contributed by atoms with van der Waals surface area (Å²) in [5.41, 5.74) is 0. The number of aliphatic carboxylic acids is 2. The van der Waals surface area contributed by atoms with Gasteiger partial charge in [0.05, 0.1) is 0 Å². The molecule has 0 atom stereocenters. The van der Waals surface area contributed by atoms with Crippen molar-refractivity contribution in [2.75, 3.05) is 0 Å². The Balaban J connectivity index is -0.000000126. The Morgan fingerprint density at radius 1 is 1.00 bits per heavy atom. The summed E-state index contributed by atoms with van der Waals surface area (Å²) in [5, 5.41) is 14.8. The third-order valence-electron chi connectivity index (χ3n) is 0.183.